The van der Waals surface area contributed by atoms with Gasteiger partial charge in [0.25, 0.3) is 5.91 Å². The molecule has 20 heavy (non-hydrogen) atoms. The number of carbonyl (C=O) groups is 2. The van der Waals surface area contributed by atoms with Crippen LogP contribution in [0.15, 0.2) is 24.4 Å². The number of carboxylic acid groups (broad SMARTS) is 1. The van der Waals surface area contributed by atoms with Gasteiger partial charge < -0.3 is 16.2 Å². The highest BCUT2D eigenvalue weighted by molar-refractivity contribution is 6.32. The van der Waals surface area contributed by atoms with Crippen LogP contribution in [0.5, 0.6) is 0 Å². The highest BCUT2D eigenvalue weighted by atomic mass is 35.5. The number of anilines is 1. The summed E-state index contributed by atoms with van der Waals surface area (Å²) in [5, 5.41) is 12.6. The fourth-order valence-electron chi connectivity index (χ4n) is 1.78. The molecule has 1 heterocycles. The molecule has 0 saturated heterocycles. The van der Waals surface area contributed by atoms with Gasteiger partial charge in [0.05, 0.1) is 0 Å². The lowest BCUT2D eigenvalue weighted by molar-refractivity contribution is -0.138. The van der Waals surface area contributed by atoms with Gasteiger partial charge >= 0.3 is 5.97 Å². The predicted octanol–water partition coefficient (Wildman–Crippen LogP) is 1.67. The van der Waals surface area contributed by atoms with E-state index in [1.807, 2.05) is 0 Å². The minimum Gasteiger partial charge on any atom is -0.480 e. The number of hydrogen-bond acceptors (Lipinski definition) is 4. The van der Waals surface area contributed by atoms with Crippen LogP contribution in [-0.4, -0.2) is 28.0 Å². The molecule has 0 aliphatic rings. The number of nitrogens with one attached hydrogen (secondary N) is 1. The Morgan fingerprint density at radius 1 is 1.40 bits per heavy atom. The molecule has 0 bridgehead atoms. The quantitative estimate of drug-likeness (QED) is 0.747. The number of nitrogen functional groups attached to an aromatic ring is 1. The number of nitrogens with two attached hydrogens (primary N) is 1. The predicted molar refractivity (Wildman–Crippen MR) is 75.7 cm³/mol. The van der Waals surface area contributed by atoms with Crippen LogP contribution in [0.3, 0.4) is 0 Å². The number of amides is 1. The molecule has 7 heteroatoms. The molecule has 0 spiro atoms. The van der Waals surface area contributed by atoms with Crippen molar-refractivity contribution in [2.45, 2.75) is 13.0 Å². The van der Waals surface area contributed by atoms with Gasteiger partial charge in [0.2, 0.25) is 0 Å². The minimum absolute atomic E-state index is 0.0878. The first-order chi connectivity index (χ1) is 9.40. The first kappa shape index (κ1) is 14.1. The maximum atomic E-state index is 12.1. The molecule has 4 N–H and O–H groups in total. The van der Waals surface area contributed by atoms with Crippen LogP contribution >= 0.6 is 11.6 Å². The maximum absolute atomic E-state index is 12.1. The molecule has 1 aromatic carbocycles. The average molecular weight is 294 g/mol. The third-order valence-electron chi connectivity index (χ3n) is 2.81. The van der Waals surface area contributed by atoms with E-state index in [9.17, 15) is 9.59 Å². The van der Waals surface area contributed by atoms with E-state index in [1.165, 1.54) is 13.1 Å². The van der Waals surface area contributed by atoms with Crippen molar-refractivity contribution in [3.05, 3.63) is 35.1 Å². The molecule has 0 saturated carbocycles. The largest absolute Gasteiger partial charge is 0.480 e. The lowest BCUT2D eigenvalue weighted by Gasteiger charge is -2.11. The first-order valence-corrected chi connectivity index (χ1v) is 6.15. The molecule has 2 rings (SSSR count). The van der Waals surface area contributed by atoms with Crippen LogP contribution in [0.1, 0.15) is 17.4 Å². The van der Waals surface area contributed by atoms with Crippen LogP contribution in [-0.2, 0) is 4.79 Å². The van der Waals surface area contributed by atoms with Crippen LogP contribution < -0.4 is 11.1 Å². The molecule has 0 aliphatic heterocycles. The van der Waals surface area contributed by atoms with E-state index in [0.717, 1.165) is 0 Å². The van der Waals surface area contributed by atoms with Crippen molar-refractivity contribution < 1.29 is 14.7 Å². The van der Waals surface area contributed by atoms with E-state index in [0.29, 0.717) is 21.5 Å². The second-order valence-corrected chi connectivity index (χ2v) is 4.72. The van der Waals surface area contributed by atoms with E-state index >= 15 is 0 Å². The highest BCUT2D eigenvalue weighted by Crippen LogP contribution is 2.27. The molecule has 104 valence electrons. The van der Waals surface area contributed by atoms with Crippen molar-refractivity contribution >= 4 is 39.9 Å². The average Bonchev–Trinajstić information content (AvgIpc) is 2.37. The summed E-state index contributed by atoms with van der Waals surface area (Å²) < 4.78 is 0. The van der Waals surface area contributed by atoms with Crippen LogP contribution in [0.2, 0.25) is 5.02 Å². The number of fused-ring (bicyclic) bond motifs is 1. The van der Waals surface area contributed by atoms with Crippen LogP contribution in [0.4, 0.5) is 5.69 Å². The Morgan fingerprint density at radius 3 is 2.75 bits per heavy atom. The Kier molecular flexibility index (Phi) is 3.76. The third kappa shape index (κ3) is 2.65. The Morgan fingerprint density at radius 2 is 2.10 bits per heavy atom. The monoisotopic (exact) mass is 293 g/mol. The Bertz CT molecular complexity index is 703. The lowest BCUT2D eigenvalue weighted by atomic mass is 10.1. The number of aromatic nitrogens is 1. The Hall–Kier alpha value is -2.34. The summed E-state index contributed by atoms with van der Waals surface area (Å²) in [4.78, 5) is 26.8. The second kappa shape index (κ2) is 5.34. The van der Waals surface area contributed by atoms with Gasteiger partial charge in [-0.2, -0.15) is 0 Å². The summed E-state index contributed by atoms with van der Waals surface area (Å²) >= 11 is 5.92. The van der Waals surface area contributed by atoms with Gasteiger partial charge in [0.1, 0.15) is 11.7 Å². The summed E-state index contributed by atoms with van der Waals surface area (Å²) in [6, 6.07) is 3.79. The first-order valence-electron chi connectivity index (χ1n) is 5.77. The molecule has 6 nitrogen and oxygen atoms in total. The van der Waals surface area contributed by atoms with Gasteiger partial charge in [-0.1, -0.05) is 11.6 Å². The smallest absolute Gasteiger partial charge is 0.325 e. The van der Waals surface area contributed by atoms with Gasteiger partial charge in [0.15, 0.2) is 0 Å². The second-order valence-electron chi connectivity index (χ2n) is 4.28. The number of carbonyl (C=O) groups excluding carboxylic acids is 1. The van der Waals surface area contributed by atoms with Crippen molar-refractivity contribution in [2.24, 2.45) is 0 Å². The van der Waals surface area contributed by atoms with Crippen molar-refractivity contribution in [1.29, 1.82) is 0 Å². The van der Waals surface area contributed by atoms with Crippen molar-refractivity contribution in [3.8, 4) is 0 Å². The highest BCUT2D eigenvalue weighted by Gasteiger charge is 2.18. The molecule has 1 amide bonds. The number of rotatable bonds is 3. The van der Waals surface area contributed by atoms with Crippen molar-refractivity contribution in [2.75, 3.05) is 5.73 Å². The van der Waals surface area contributed by atoms with E-state index in [2.05, 4.69) is 10.3 Å². The molecule has 1 atom stereocenters. The molecule has 1 unspecified atom stereocenters. The lowest BCUT2D eigenvalue weighted by Crippen LogP contribution is -2.38. The van der Waals surface area contributed by atoms with Gasteiger partial charge in [-0.15, -0.1) is 0 Å². The van der Waals surface area contributed by atoms with E-state index in [1.54, 1.807) is 18.2 Å². The minimum atomic E-state index is -1.13. The van der Waals surface area contributed by atoms with Gasteiger partial charge in [0, 0.05) is 27.7 Å². The summed E-state index contributed by atoms with van der Waals surface area (Å²) in [6.07, 6.45) is 1.44. The zero-order valence-corrected chi connectivity index (χ0v) is 11.3. The normalized spacial score (nSPS) is 12.1. The molecule has 1 aromatic heterocycles. The van der Waals surface area contributed by atoms with Crippen molar-refractivity contribution in [1.82, 2.24) is 10.3 Å². The van der Waals surface area contributed by atoms with Crippen molar-refractivity contribution in [3.63, 3.8) is 0 Å². The van der Waals surface area contributed by atoms with E-state index in [-0.39, 0.29) is 5.69 Å². The SMILES string of the molecule is CC(NC(=O)c1nccc2c(N)cc(Cl)cc12)C(=O)O. The summed E-state index contributed by atoms with van der Waals surface area (Å²) in [7, 11) is 0. The number of hydrogen-bond donors (Lipinski definition) is 3. The summed E-state index contributed by atoms with van der Waals surface area (Å²) in [5.74, 6) is -1.72. The molecule has 0 radical (unpaired) electrons. The topological polar surface area (TPSA) is 105 Å². The zero-order valence-electron chi connectivity index (χ0n) is 10.6. The fourth-order valence-corrected chi connectivity index (χ4v) is 2.01. The zero-order chi connectivity index (χ0) is 14.9. The Balaban J connectivity index is 2.49. The number of pyridine rings is 1. The fraction of sp³-hybridized carbons (Fsp3) is 0.154. The Labute approximate surface area is 119 Å². The van der Waals surface area contributed by atoms with Crippen LogP contribution in [0.25, 0.3) is 10.8 Å². The summed E-state index contributed by atoms with van der Waals surface area (Å²) in [6.45, 7) is 1.37. The number of carboxylic acids is 1. The number of benzene rings is 1. The third-order valence-corrected chi connectivity index (χ3v) is 3.03. The number of halogens is 1. The molecule has 2 aromatic rings. The van der Waals surface area contributed by atoms with Gasteiger partial charge in [-0.25, -0.2) is 0 Å². The molecule has 0 aliphatic carbocycles. The molecule has 0 fully saturated rings. The van der Waals surface area contributed by atoms with Gasteiger partial charge in [-0.3, -0.25) is 14.6 Å². The van der Waals surface area contributed by atoms with Crippen LogP contribution in [0, 0.1) is 0 Å². The molecular formula is C13H12ClN3O3. The summed E-state index contributed by atoms with van der Waals surface area (Å²) in [5.41, 5.74) is 6.35. The van der Waals surface area contributed by atoms with E-state index in [4.69, 9.17) is 22.4 Å². The molecular weight excluding hydrogens is 282 g/mol. The standard InChI is InChI=1S/C13H12ClN3O3/c1-6(13(19)20)17-12(18)11-9-4-7(14)5-10(15)8(9)2-3-16-11/h2-6H,15H2,1H3,(H,17,18)(H,19,20). The number of nitrogens with zero attached hydrogens (tertiary/aromatic N) is 1. The number of aliphatic carboxylic acids is 1. The van der Waals surface area contributed by atoms with Gasteiger partial charge in [-0.05, 0) is 25.1 Å². The maximum Gasteiger partial charge on any atom is 0.325 e. The van der Waals surface area contributed by atoms with E-state index < -0.39 is 17.9 Å².